The van der Waals surface area contributed by atoms with E-state index in [1.165, 1.54) is 11.2 Å². The van der Waals surface area contributed by atoms with Crippen molar-refractivity contribution in [1.29, 1.82) is 0 Å². The molecular weight excluding hydrogens is 340 g/mol. The lowest BCUT2D eigenvalue weighted by Crippen LogP contribution is -2.23. The van der Waals surface area contributed by atoms with Crippen LogP contribution in [0.15, 0.2) is 39.8 Å². The van der Waals surface area contributed by atoms with Gasteiger partial charge in [-0.1, -0.05) is 6.07 Å². The summed E-state index contributed by atoms with van der Waals surface area (Å²) >= 11 is 0. The molecule has 132 valence electrons. The van der Waals surface area contributed by atoms with Gasteiger partial charge in [0.25, 0.3) is 11.5 Å². The summed E-state index contributed by atoms with van der Waals surface area (Å²) in [6.07, 6.45) is 0.788. The van der Waals surface area contributed by atoms with Gasteiger partial charge in [0.2, 0.25) is 5.71 Å². The van der Waals surface area contributed by atoms with Gasteiger partial charge in [-0.15, -0.1) is 0 Å². The smallest absolute Gasteiger partial charge is 0.414 e. The molecule has 0 saturated carbocycles. The van der Waals surface area contributed by atoms with E-state index >= 15 is 0 Å². The minimum absolute atomic E-state index is 0.0989. The second-order valence-electron chi connectivity index (χ2n) is 5.72. The van der Waals surface area contributed by atoms with E-state index in [-0.39, 0.29) is 16.7 Å². The molecular formula is C17H14N4O5. The number of ether oxygens (including phenoxy) is 1. The highest BCUT2D eigenvalue weighted by molar-refractivity contribution is 6.12. The Balaban J connectivity index is 1.66. The summed E-state index contributed by atoms with van der Waals surface area (Å²) in [7, 11) is 0. The number of hydrogen-bond donors (Lipinski definition) is 2. The number of benzene rings is 1. The van der Waals surface area contributed by atoms with Crippen LogP contribution in [0.1, 0.15) is 16.1 Å². The minimum Gasteiger partial charge on any atom is -0.447 e. The fourth-order valence-corrected chi connectivity index (χ4v) is 2.90. The number of furan rings is 1. The van der Waals surface area contributed by atoms with Crippen molar-refractivity contribution in [2.75, 3.05) is 23.4 Å². The Morgan fingerprint density at radius 3 is 2.96 bits per heavy atom. The Morgan fingerprint density at radius 1 is 1.35 bits per heavy atom. The van der Waals surface area contributed by atoms with E-state index < -0.39 is 17.6 Å². The number of fused-ring (bicyclic) bond motifs is 1. The number of carbonyl (C=O) groups is 2. The lowest BCUT2D eigenvalue weighted by Gasteiger charge is -2.14. The highest BCUT2D eigenvalue weighted by Crippen LogP contribution is 2.25. The van der Waals surface area contributed by atoms with Gasteiger partial charge in [0, 0.05) is 11.4 Å². The number of aryl methyl sites for hydroxylation is 1. The van der Waals surface area contributed by atoms with Gasteiger partial charge in [-0.25, -0.2) is 9.78 Å². The Morgan fingerprint density at radius 2 is 2.19 bits per heavy atom. The van der Waals surface area contributed by atoms with Gasteiger partial charge in [-0.05, 0) is 25.1 Å². The number of cyclic esters (lactones) is 1. The zero-order chi connectivity index (χ0) is 18.3. The standard InChI is InChI=1S/C17H14N4O5/c1-9-12(13-14(22)18-8-19-16(13)26-9)15(23)20-10-3-2-4-11(7-10)21-5-6-25-17(21)24/h2-4,7-8H,5-6H2,1H3,(H,20,23)(H,18,19,22). The Kier molecular flexibility index (Phi) is 3.68. The average molecular weight is 354 g/mol. The van der Waals surface area contributed by atoms with Crippen LogP contribution >= 0.6 is 0 Å². The maximum absolute atomic E-state index is 12.7. The summed E-state index contributed by atoms with van der Waals surface area (Å²) in [5.74, 6) is -0.207. The first kappa shape index (κ1) is 15.9. The normalized spacial score (nSPS) is 13.9. The molecule has 2 amide bonds. The number of hydrogen-bond acceptors (Lipinski definition) is 6. The van der Waals surface area contributed by atoms with Crippen molar-refractivity contribution < 1.29 is 18.7 Å². The summed E-state index contributed by atoms with van der Waals surface area (Å²) in [6, 6.07) is 6.80. The topological polar surface area (TPSA) is 118 Å². The number of anilines is 2. The van der Waals surface area contributed by atoms with Crippen molar-refractivity contribution in [1.82, 2.24) is 9.97 Å². The summed E-state index contributed by atoms with van der Waals surface area (Å²) in [6.45, 7) is 2.36. The Bertz CT molecular complexity index is 1080. The zero-order valence-corrected chi connectivity index (χ0v) is 13.7. The van der Waals surface area contributed by atoms with Crippen LogP contribution in [0.3, 0.4) is 0 Å². The SMILES string of the molecule is Cc1oc2nc[nH]c(=O)c2c1C(=O)Nc1cccc(N2CCOC2=O)c1. The van der Waals surface area contributed by atoms with E-state index in [1.54, 1.807) is 31.2 Å². The maximum Gasteiger partial charge on any atom is 0.414 e. The van der Waals surface area contributed by atoms with Crippen molar-refractivity contribution in [3.05, 3.63) is 52.3 Å². The maximum atomic E-state index is 12.7. The van der Waals surface area contributed by atoms with Crippen LogP contribution in [0.5, 0.6) is 0 Å². The van der Waals surface area contributed by atoms with Gasteiger partial charge in [-0.2, -0.15) is 0 Å². The first-order chi connectivity index (χ1) is 12.5. The average Bonchev–Trinajstić information content (AvgIpc) is 3.18. The second kappa shape index (κ2) is 6.03. The van der Waals surface area contributed by atoms with Gasteiger partial charge in [0.15, 0.2) is 0 Å². The molecule has 1 aliphatic rings. The number of aromatic amines is 1. The van der Waals surface area contributed by atoms with E-state index in [0.717, 1.165) is 0 Å². The molecule has 0 spiro atoms. The van der Waals surface area contributed by atoms with E-state index in [4.69, 9.17) is 9.15 Å². The molecule has 1 fully saturated rings. The number of aromatic nitrogens is 2. The lowest BCUT2D eigenvalue weighted by atomic mass is 10.1. The molecule has 0 atom stereocenters. The molecule has 3 aromatic rings. The Labute approximate surface area is 146 Å². The van der Waals surface area contributed by atoms with E-state index in [1.807, 2.05) is 0 Å². The van der Waals surface area contributed by atoms with Crippen molar-refractivity contribution >= 4 is 34.5 Å². The molecule has 4 rings (SSSR count). The van der Waals surface area contributed by atoms with Gasteiger partial charge < -0.3 is 19.5 Å². The van der Waals surface area contributed by atoms with E-state index in [2.05, 4.69) is 15.3 Å². The predicted octanol–water partition coefficient (Wildman–Crippen LogP) is 2.03. The first-order valence-corrected chi connectivity index (χ1v) is 7.87. The molecule has 9 nitrogen and oxygen atoms in total. The van der Waals surface area contributed by atoms with Crippen molar-refractivity contribution in [3.63, 3.8) is 0 Å². The van der Waals surface area contributed by atoms with Crippen LogP contribution in [0.4, 0.5) is 16.2 Å². The number of amides is 2. The van der Waals surface area contributed by atoms with Gasteiger partial charge >= 0.3 is 6.09 Å². The zero-order valence-electron chi connectivity index (χ0n) is 13.7. The van der Waals surface area contributed by atoms with E-state index in [0.29, 0.717) is 30.3 Å². The van der Waals surface area contributed by atoms with Crippen LogP contribution < -0.4 is 15.8 Å². The lowest BCUT2D eigenvalue weighted by molar-refractivity contribution is 0.102. The number of nitrogens with zero attached hydrogens (tertiary/aromatic N) is 2. The number of rotatable bonds is 3. The molecule has 0 radical (unpaired) electrons. The molecule has 0 bridgehead atoms. The fraction of sp³-hybridized carbons (Fsp3) is 0.176. The quantitative estimate of drug-likeness (QED) is 0.743. The Hall–Kier alpha value is -3.62. The predicted molar refractivity (Wildman–Crippen MR) is 92.5 cm³/mol. The largest absolute Gasteiger partial charge is 0.447 e. The molecule has 0 aliphatic carbocycles. The summed E-state index contributed by atoms with van der Waals surface area (Å²) < 4.78 is 10.3. The molecule has 1 saturated heterocycles. The number of nitrogens with one attached hydrogen (secondary N) is 2. The second-order valence-corrected chi connectivity index (χ2v) is 5.72. The molecule has 9 heteroatoms. The molecule has 3 heterocycles. The van der Waals surface area contributed by atoms with Crippen LogP contribution in [-0.2, 0) is 4.74 Å². The highest BCUT2D eigenvalue weighted by atomic mass is 16.6. The third kappa shape index (κ3) is 2.59. The van der Waals surface area contributed by atoms with Gasteiger partial charge in [-0.3, -0.25) is 14.5 Å². The summed E-state index contributed by atoms with van der Waals surface area (Å²) in [5, 5.41) is 2.82. The molecule has 1 aliphatic heterocycles. The van der Waals surface area contributed by atoms with Crippen LogP contribution in [0.2, 0.25) is 0 Å². The van der Waals surface area contributed by atoms with Crippen LogP contribution in [0, 0.1) is 6.92 Å². The third-order valence-corrected chi connectivity index (χ3v) is 4.07. The van der Waals surface area contributed by atoms with Crippen molar-refractivity contribution in [3.8, 4) is 0 Å². The summed E-state index contributed by atoms with van der Waals surface area (Å²) in [5.41, 5.74) is 0.857. The number of H-pyrrole nitrogens is 1. The molecule has 2 aromatic heterocycles. The highest BCUT2D eigenvalue weighted by Gasteiger charge is 2.25. The van der Waals surface area contributed by atoms with Gasteiger partial charge in [0.1, 0.15) is 17.8 Å². The number of carbonyl (C=O) groups excluding carboxylic acids is 2. The molecule has 0 unspecified atom stereocenters. The van der Waals surface area contributed by atoms with Crippen molar-refractivity contribution in [2.24, 2.45) is 0 Å². The first-order valence-electron chi connectivity index (χ1n) is 7.87. The van der Waals surface area contributed by atoms with E-state index in [9.17, 15) is 14.4 Å². The van der Waals surface area contributed by atoms with Crippen molar-refractivity contribution in [2.45, 2.75) is 6.92 Å². The molecule has 1 aromatic carbocycles. The monoisotopic (exact) mass is 354 g/mol. The van der Waals surface area contributed by atoms with Crippen LogP contribution in [0.25, 0.3) is 11.1 Å². The molecule has 2 N–H and O–H groups in total. The molecule has 26 heavy (non-hydrogen) atoms. The van der Waals surface area contributed by atoms with Gasteiger partial charge in [0.05, 0.1) is 18.4 Å². The summed E-state index contributed by atoms with van der Waals surface area (Å²) in [4.78, 5) is 44.3. The fourth-order valence-electron chi connectivity index (χ4n) is 2.90. The van der Waals surface area contributed by atoms with Crippen LogP contribution in [-0.4, -0.2) is 35.1 Å². The third-order valence-electron chi connectivity index (χ3n) is 4.07. The minimum atomic E-state index is -0.499.